The second-order valence-electron chi connectivity index (χ2n) is 4.55. The van der Waals surface area contributed by atoms with Crippen LogP contribution in [0.25, 0.3) is 0 Å². The number of rotatable bonds is 6. The average Bonchev–Trinajstić information content (AvgIpc) is 2.60. The number of nitrogen functional groups attached to an aromatic ring is 1. The van der Waals surface area contributed by atoms with Crippen molar-refractivity contribution in [2.24, 2.45) is 5.92 Å². The molecule has 5 nitrogen and oxygen atoms in total. The molecule has 1 aromatic heterocycles. The van der Waals surface area contributed by atoms with Gasteiger partial charge in [0, 0.05) is 13.1 Å². The fourth-order valence-corrected chi connectivity index (χ4v) is 1.50. The van der Waals surface area contributed by atoms with Crippen LogP contribution in [0.3, 0.4) is 0 Å². The van der Waals surface area contributed by atoms with Crippen molar-refractivity contribution in [1.82, 2.24) is 9.78 Å². The van der Waals surface area contributed by atoms with Crippen molar-refractivity contribution in [3.8, 4) is 6.07 Å². The first-order valence-corrected chi connectivity index (χ1v) is 6.10. The van der Waals surface area contributed by atoms with Gasteiger partial charge in [0.15, 0.2) is 5.82 Å². The molecule has 17 heavy (non-hydrogen) atoms. The fraction of sp³-hybridized carbons (Fsp3) is 0.667. The van der Waals surface area contributed by atoms with Crippen LogP contribution in [0.1, 0.15) is 39.2 Å². The van der Waals surface area contributed by atoms with Crippen LogP contribution in [-0.2, 0) is 6.54 Å². The molecule has 0 atom stereocenters. The molecule has 1 aromatic rings. The van der Waals surface area contributed by atoms with E-state index in [2.05, 4.69) is 37.3 Å². The lowest BCUT2D eigenvalue weighted by Gasteiger charge is -2.05. The third kappa shape index (κ3) is 3.38. The molecule has 0 aliphatic rings. The van der Waals surface area contributed by atoms with Gasteiger partial charge in [-0.2, -0.15) is 10.4 Å². The first-order chi connectivity index (χ1) is 8.10. The maximum absolute atomic E-state index is 9.07. The molecule has 5 heteroatoms. The summed E-state index contributed by atoms with van der Waals surface area (Å²) in [5.41, 5.74) is 6.37. The van der Waals surface area contributed by atoms with Crippen molar-refractivity contribution >= 4 is 11.6 Å². The van der Waals surface area contributed by atoms with Crippen LogP contribution >= 0.6 is 0 Å². The molecule has 0 spiro atoms. The number of hydrogen-bond donors (Lipinski definition) is 2. The Morgan fingerprint density at radius 2 is 2.24 bits per heavy atom. The van der Waals surface area contributed by atoms with Gasteiger partial charge in [-0.1, -0.05) is 20.8 Å². The van der Waals surface area contributed by atoms with E-state index in [9.17, 15) is 0 Å². The molecule has 1 rings (SSSR count). The van der Waals surface area contributed by atoms with E-state index in [0.717, 1.165) is 25.9 Å². The maximum Gasteiger partial charge on any atom is 0.168 e. The lowest BCUT2D eigenvalue weighted by Crippen LogP contribution is -2.07. The van der Waals surface area contributed by atoms with E-state index in [1.807, 2.05) is 0 Å². The third-order valence-corrected chi connectivity index (χ3v) is 2.56. The summed E-state index contributed by atoms with van der Waals surface area (Å²) in [5.74, 6) is 1.67. The molecule has 0 saturated carbocycles. The Kier molecular flexibility index (Phi) is 4.83. The van der Waals surface area contributed by atoms with Crippen molar-refractivity contribution in [3.05, 3.63) is 5.56 Å². The van der Waals surface area contributed by atoms with Gasteiger partial charge in [-0.15, -0.1) is 0 Å². The zero-order valence-electron chi connectivity index (χ0n) is 10.8. The van der Waals surface area contributed by atoms with Crippen molar-refractivity contribution in [3.63, 3.8) is 0 Å². The number of aromatic nitrogens is 2. The summed E-state index contributed by atoms with van der Waals surface area (Å²) >= 11 is 0. The molecule has 94 valence electrons. The zero-order chi connectivity index (χ0) is 12.8. The monoisotopic (exact) mass is 235 g/mol. The molecule has 0 amide bonds. The van der Waals surface area contributed by atoms with Crippen molar-refractivity contribution in [2.45, 2.75) is 40.2 Å². The van der Waals surface area contributed by atoms with E-state index in [1.165, 1.54) is 0 Å². The van der Waals surface area contributed by atoms with Crippen LogP contribution in [0, 0.1) is 17.2 Å². The van der Waals surface area contributed by atoms with E-state index >= 15 is 0 Å². The second-order valence-corrected chi connectivity index (χ2v) is 4.55. The quantitative estimate of drug-likeness (QED) is 0.792. The SMILES string of the molecule is CCCNc1nn(CCC(C)C)c(N)c1C#N. The number of aryl methyl sites for hydroxylation is 1. The van der Waals surface area contributed by atoms with Crippen LogP contribution < -0.4 is 11.1 Å². The molecule has 0 fully saturated rings. The van der Waals surface area contributed by atoms with E-state index in [4.69, 9.17) is 11.0 Å². The molecule has 0 radical (unpaired) electrons. The summed E-state index contributed by atoms with van der Waals surface area (Å²) in [6, 6.07) is 2.11. The van der Waals surface area contributed by atoms with Gasteiger partial charge in [0.25, 0.3) is 0 Å². The Morgan fingerprint density at radius 3 is 2.76 bits per heavy atom. The van der Waals surface area contributed by atoms with Crippen LogP contribution in [0.2, 0.25) is 0 Å². The summed E-state index contributed by atoms with van der Waals surface area (Å²) in [7, 11) is 0. The maximum atomic E-state index is 9.07. The standard InChI is InChI=1S/C12H21N5/c1-4-6-15-12-10(8-13)11(14)17(16-12)7-5-9(2)3/h9H,4-7,14H2,1-3H3,(H,15,16). The summed E-state index contributed by atoms with van der Waals surface area (Å²) in [5, 5.41) is 16.5. The minimum Gasteiger partial charge on any atom is -0.383 e. The molecule has 0 aliphatic carbocycles. The molecular weight excluding hydrogens is 214 g/mol. The molecule has 0 bridgehead atoms. The molecule has 0 saturated heterocycles. The van der Waals surface area contributed by atoms with Gasteiger partial charge in [0.2, 0.25) is 0 Å². The summed E-state index contributed by atoms with van der Waals surface area (Å²) in [6.07, 6.45) is 1.99. The van der Waals surface area contributed by atoms with Crippen LogP contribution in [0.4, 0.5) is 11.6 Å². The number of nitrogens with one attached hydrogen (secondary N) is 1. The number of nitriles is 1. The highest BCUT2D eigenvalue weighted by Gasteiger charge is 2.14. The first-order valence-electron chi connectivity index (χ1n) is 6.10. The van der Waals surface area contributed by atoms with Crippen LogP contribution in [-0.4, -0.2) is 16.3 Å². The van der Waals surface area contributed by atoms with E-state index in [1.54, 1.807) is 4.68 Å². The highest BCUT2D eigenvalue weighted by Crippen LogP contribution is 2.21. The lowest BCUT2D eigenvalue weighted by atomic mass is 10.1. The fourth-order valence-electron chi connectivity index (χ4n) is 1.50. The second kappa shape index (κ2) is 6.14. The lowest BCUT2D eigenvalue weighted by molar-refractivity contribution is 0.492. The average molecular weight is 235 g/mol. The molecule has 0 unspecified atom stereocenters. The molecule has 3 N–H and O–H groups in total. The zero-order valence-corrected chi connectivity index (χ0v) is 10.8. The molecular formula is C12H21N5. The van der Waals surface area contributed by atoms with Gasteiger partial charge >= 0.3 is 0 Å². The van der Waals surface area contributed by atoms with E-state index in [0.29, 0.717) is 23.1 Å². The number of nitrogens with zero attached hydrogens (tertiary/aromatic N) is 3. The Labute approximate surface area is 103 Å². The normalized spacial score (nSPS) is 10.5. The summed E-state index contributed by atoms with van der Waals surface area (Å²) in [4.78, 5) is 0. The Balaban J connectivity index is 2.85. The smallest absolute Gasteiger partial charge is 0.168 e. The molecule has 0 aromatic carbocycles. The van der Waals surface area contributed by atoms with E-state index in [-0.39, 0.29) is 0 Å². The van der Waals surface area contributed by atoms with Gasteiger partial charge < -0.3 is 11.1 Å². The largest absolute Gasteiger partial charge is 0.383 e. The minimum atomic E-state index is 0.460. The van der Waals surface area contributed by atoms with Crippen molar-refractivity contribution < 1.29 is 0 Å². The Morgan fingerprint density at radius 1 is 1.53 bits per heavy atom. The van der Waals surface area contributed by atoms with Crippen LogP contribution in [0.15, 0.2) is 0 Å². The number of hydrogen-bond acceptors (Lipinski definition) is 4. The highest BCUT2D eigenvalue weighted by atomic mass is 15.3. The minimum absolute atomic E-state index is 0.460. The first kappa shape index (κ1) is 13.4. The topological polar surface area (TPSA) is 79.7 Å². The van der Waals surface area contributed by atoms with Gasteiger partial charge in [-0.25, -0.2) is 4.68 Å². The number of nitrogens with two attached hydrogens (primary N) is 1. The third-order valence-electron chi connectivity index (χ3n) is 2.56. The van der Waals surface area contributed by atoms with Crippen molar-refractivity contribution in [1.29, 1.82) is 5.26 Å². The van der Waals surface area contributed by atoms with Gasteiger partial charge in [0.1, 0.15) is 17.5 Å². The number of anilines is 2. The van der Waals surface area contributed by atoms with Gasteiger partial charge in [0.05, 0.1) is 0 Å². The molecule has 1 heterocycles. The predicted octanol–water partition coefficient (Wildman–Crippen LogP) is 2.20. The Bertz CT molecular complexity index is 400. The van der Waals surface area contributed by atoms with Crippen molar-refractivity contribution in [2.75, 3.05) is 17.6 Å². The Hall–Kier alpha value is -1.70. The summed E-state index contributed by atoms with van der Waals surface area (Å²) in [6.45, 7) is 7.93. The van der Waals surface area contributed by atoms with Gasteiger partial charge in [-0.05, 0) is 18.8 Å². The molecule has 0 aliphatic heterocycles. The van der Waals surface area contributed by atoms with Crippen LogP contribution in [0.5, 0.6) is 0 Å². The highest BCUT2D eigenvalue weighted by molar-refractivity contribution is 5.63. The van der Waals surface area contributed by atoms with Gasteiger partial charge in [-0.3, -0.25) is 0 Å². The predicted molar refractivity (Wildman–Crippen MR) is 69.6 cm³/mol. The van der Waals surface area contributed by atoms with E-state index < -0.39 is 0 Å². The summed E-state index contributed by atoms with van der Waals surface area (Å²) < 4.78 is 1.72.